The van der Waals surface area contributed by atoms with Gasteiger partial charge in [0.05, 0.1) is 11.4 Å². The van der Waals surface area contributed by atoms with E-state index in [4.69, 9.17) is 9.47 Å². The topological polar surface area (TPSA) is 84.9 Å². The molecule has 134 valence electrons. The number of carbonyl (C=O) groups excluding carboxylic acids is 3. The average Bonchev–Trinajstić information content (AvgIpc) is 3.10. The van der Waals surface area contributed by atoms with Crippen LogP contribution in [0, 0.1) is 0 Å². The van der Waals surface area contributed by atoms with E-state index in [9.17, 15) is 14.4 Å². The Morgan fingerprint density at radius 2 is 2.08 bits per heavy atom. The summed E-state index contributed by atoms with van der Waals surface area (Å²) in [6, 6.07) is 7.05. The molecule has 3 rings (SSSR count). The van der Waals surface area contributed by atoms with Crippen LogP contribution in [0.3, 0.4) is 0 Å². The van der Waals surface area contributed by atoms with Crippen LogP contribution in [0.15, 0.2) is 24.3 Å². The van der Waals surface area contributed by atoms with E-state index in [-0.39, 0.29) is 5.91 Å². The third kappa shape index (κ3) is 3.11. The molecular formula is C18H22N2O5. The van der Waals surface area contributed by atoms with Crippen LogP contribution in [0.2, 0.25) is 0 Å². The minimum Gasteiger partial charge on any atom is -0.451 e. The zero-order valence-corrected chi connectivity index (χ0v) is 14.6. The molecule has 2 atom stereocenters. The van der Waals surface area contributed by atoms with Crippen molar-refractivity contribution in [3.8, 4) is 0 Å². The maximum Gasteiger partial charge on any atom is 0.336 e. The molecule has 1 aromatic carbocycles. The monoisotopic (exact) mass is 346 g/mol. The molecule has 0 aromatic heterocycles. The minimum absolute atomic E-state index is 0.294. The van der Waals surface area contributed by atoms with E-state index in [1.54, 1.807) is 38.1 Å². The van der Waals surface area contributed by atoms with E-state index in [2.05, 4.69) is 5.32 Å². The number of hydrogen-bond acceptors (Lipinski definition) is 5. The van der Waals surface area contributed by atoms with Crippen molar-refractivity contribution in [2.24, 2.45) is 0 Å². The first-order chi connectivity index (χ1) is 11.8. The highest BCUT2D eigenvalue weighted by atomic mass is 16.6. The van der Waals surface area contributed by atoms with Crippen molar-refractivity contribution in [1.82, 2.24) is 0 Å². The second-order valence-corrected chi connectivity index (χ2v) is 6.78. The Hall–Kier alpha value is -2.41. The minimum atomic E-state index is -1.10. The second kappa shape index (κ2) is 6.48. The van der Waals surface area contributed by atoms with Gasteiger partial charge in [0, 0.05) is 6.61 Å². The highest BCUT2D eigenvalue weighted by Gasteiger charge is 2.45. The third-order valence-corrected chi connectivity index (χ3v) is 4.56. The molecule has 0 spiro atoms. The van der Waals surface area contributed by atoms with Gasteiger partial charge < -0.3 is 14.8 Å². The normalized spacial score (nSPS) is 22.8. The van der Waals surface area contributed by atoms with E-state index in [0.29, 0.717) is 24.4 Å². The average molecular weight is 346 g/mol. The van der Waals surface area contributed by atoms with Crippen molar-refractivity contribution < 1.29 is 23.9 Å². The lowest BCUT2D eigenvalue weighted by Gasteiger charge is -2.42. The van der Waals surface area contributed by atoms with Gasteiger partial charge in [-0.15, -0.1) is 0 Å². The van der Waals surface area contributed by atoms with Crippen molar-refractivity contribution in [2.75, 3.05) is 16.8 Å². The zero-order valence-electron chi connectivity index (χ0n) is 14.6. The number of anilines is 2. The number of amides is 2. The molecule has 1 saturated heterocycles. The first-order valence-corrected chi connectivity index (χ1v) is 8.39. The third-order valence-electron chi connectivity index (χ3n) is 4.56. The van der Waals surface area contributed by atoms with Crippen LogP contribution >= 0.6 is 0 Å². The lowest BCUT2D eigenvalue weighted by Crippen LogP contribution is -2.60. The number of rotatable bonds is 3. The van der Waals surface area contributed by atoms with Crippen LogP contribution in [0.5, 0.6) is 0 Å². The van der Waals surface area contributed by atoms with Crippen LogP contribution in [0.1, 0.15) is 33.6 Å². The molecule has 7 heteroatoms. The highest BCUT2D eigenvalue weighted by Crippen LogP contribution is 2.37. The molecular weight excluding hydrogens is 324 g/mol. The van der Waals surface area contributed by atoms with Crippen LogP contribution in [0.4, 0.5) is 11.4 Å². The van der Waals surface area contributed by atoms with Gasteiger partial charge in [-0.2, -0.15) is 0 Å². The molecule has 0 saturated carbocycles. The van der Waals surface area contributed by atoms with Crippen LogP contribution in [-0.2, 0) is 23.9 Å². The van der Waals surface area contributed by atoms with E-state index in [1.807, 2.05) is 0 Å². The predicted octanol–water partition coefficient (Wildman–Crippen LogP) is 1.86. The fourth-order valence-corrected chi connectivity index (χ4v) is 3.09. The summed E-state index contributed by atoms with van der Waals surface area (Å²) in [4.78, 5) is 38.9. The number of carbonyl (C=O) groups is 3. The summed E-state index contributed by atoms with van der Waals surface area (Å²) in [7, 11) is 0. The largest absolute Gasteiger partial charge is 0.451 e. The molecule has 0 unspecified atom stereocenters. The van der Waals surface area contributed by atoms with Crippen LogP contribution in [-0.4, -0.2) is 42.1 Å². The Bertz CT molecular complexity index is 709. The highest BCUT2D eigenvalue weighted by molar-refractivity contribution is 6.15. The van der Waals surface area contributed by atoms with E-state index < -0.39 is 29.6 Å². The predicted molar refractivity (Wildman–Crippen MR) is 91.2 cm³/mol. The number of benzene rings is 1. The van der Waals surface area contributed by atoms with Gasteiger partial charge in [0.2, 0.25) is 5.91 Å². The summed E-state index contributed by atoms with van der Waals surface area (Å²) < 4.78 is 10.6. The number of para-hydroxylation sites is 2. The van der Waals surface area contributed by atoms with Crippen LogP contribution < -0.4 is 10.2 Å². The Kier molecular flexibility index (Phi) is 4.51. The van der Waals surface area contributed by atoms with Crippen molar-refractivity contribution in [3.05, 3.63) is 24.3 Å². The SMILES string of the molecule is C[C@H](OC(=O)[C@@H]1CCCO1)C(=O)N1c2ccccc2NC(=O)C1(C)C. The number of hydrogen-bond donors (Lipinski definition) is 1. The summed E-state index contributed by atoms with van der Waals surface area (Å²) in [6.45, 7) is 5.35. The van der Waals surface area contributed by atoms with Gasteiger partial charge in [0.15, 0.2) is 12.2 Å². The number of ether oxygens (including phenoxy) is 2. The lowest BCUT2D eigenvalue weighted by molar-refractivity contribution is -0.163. The smallest absolute Gasteiger partial charge is 0.336 e. The Morgan fingerprint density at radius 3 is 2.76 bits per heavy atom. The van der Waals surface area contributed by atoms with Gasteiger partial charge in [0.1, 0.15) is 5.54 Å². The molecule has 0 radical (unpaired) electrons. The molecule has 0 aliphatic carbocycles. The van der Waals surface area contributed by atoms with E-state index in [1.165, 1.54) is 11.8 Å². The Labute approximate surface area is 146 Å². The van der Waals surface area contributed by atoms with E-state index in [0.717, 1.165) is 6.42 Å². The second-order valence-electron chi connectivity index (χ2n) is 6.78. The molecule has 0 bridgehead atoms. The van der Waals surface area contributed by atoms with Crippen molar-refractivity contribution in [2.45, 2.75) is 51.4 Å². The maximum absolute atomic E-state index is 13.0. The van der Waals surface area contributed by atoms with E-state index >= 15 is 0 Å². The van der Waals surface area contributed by atoms with Crippen LogP contribution in [0.25, 0.3) is 0 Å². The molecule has 2 aliphatic heterocycles. The van der Waals surface area contributed by atoms with Crippen molar-refractivity contribution >= 4 is 29.2 Å². The van der Waals surface area contributed by atoms with Gasteiger partial charge in [-0.05, 0) is 45.7 Å². The summed E-state index contributed by atoms with van der Waals surface area (Å²) in [5.41, 5.74) is 0.0330. The van der Waals surface area contributed by atoms with Gasteiger partial charge in [0.25, 0.3) is 5.91 Å². The van der Waals surface area contributed by atoms with Crippen molar-refractivity contribution in [3.63, 3.8) is 0 Å². The van der Waals surface area contributed by atoms with Gasteiger partial charge in [-0.3, -0.25) is 14.5 Å². The van der Waals surface area contributed by atoms with Crippen molar-refractivity contribution in [1.29, 1.82) is 0 Å². The summed E-state index contributed by atoms with van der Waals surface area (Å²) in [6.07, 6.45) is -0.232. The summed E-state index contributed by atoms with van der Waals surface area (Å²) >= 11 is 0. The number of fused-ring (bicyclic) bond motifs is 1. The molecule has 1 aromatic rings. The first-order valence-electron chi connectivity index (χ1n) is 8.39. The van der Waals surface area contributed by atoms with Gasteiger partial charge in [-0.1, -0.05) is 12.1 Å². The zero-order chi connectivity index (χ0) is 18.2. The molecule has 2 heterocycles. The molecule has 1 N–H and O–H groups in total. The first kappa shape index (κ1) is 17.4. The number of esters is 1. The maximum atomic E-state index is 13.0. The summed E-state index contributed by atoms with van der Waals surface area (Å²) in [5.74, 6) is -1.28. The molecule has 7 nitrogen and oxygen atoms in total. The summed E-state index contributed by atoms with van der Waals surface area (Å²) in [5, 5.41) is 2.80. The van der Waals surface area contributed by atoms with Gasteiger partial charge >= 0.3 is 5.97 Å². The number of nitrogens with zero attached hydrogens (tertiary/aromatic N) is 1. The molecule has 25 heavy (non-hydrogen) atoms. The quantitative estimate of drug-likeness (QED) is 0.845. The molecule has 1 fully saturated rings. The molecule has 2 amide bonds. The van der Waals surface area contributed by atoms with Gasteiger partial charge in [-0.25, -0.2) is 4.79 Å². The number of nitrogens with one attached hydrogen (secondary N) is 1. The fourth-order valence-electron chi connectivity index (χ4n) is 3.09. The standard InChI is InChI=1S/C18H22N2O5/c1-11(25-16(22)14-9-6-10-24-14)15(21)20-13-8-5-4-7-12(13)19-17(23)18(20,2)3/h4-5,7-8,11,14H,6,9-10H2,1-3H3,(H,19,23)/t11-,14-/m0/s1. The fraction of sp³-hybridized carbons (Fsp3) is 0.500. The molecule has 2 aliphatic rings. The Balaban J connectivity index is 1.84. The Morgan fingerprint density at radius 1 is 1.36 bits per heavy atom. The lowest BCUT2D eigenvalue weighted by atomic mass is 9.95.